The van der Waals surface area contributed by atoms with Crippen molar-refractivity contribution in [1.82, 2.24) is 10.2 Å². The zero-order valence-corrected chi connectivity index (χ0v) is 11.3. The molecular formula is C12H24N2O3. The van der Waals surface area contributed by atoms with E-state index in [1.165, 1.54) is 7.11 Å². The number of methoxy groups -OCH3 is 1. The van der Waals surface area contributed by atoms with Crippen LogP contribution >= 0.6 is 0 Å². The minimum absolute atomic E-state index is 0.174. The number of nitrogens with one attached hydrogen (secondary N) is 1. The Labute approximate surface area is 103 Å². The summed E-state index contributed by atoms with van der Waals surface area (Å²) in [6.07, 6.45) is 0.210. The summed E-state index contributed by atoms with van der Waals surface area (Å²) < 4.78 is 10.4. The van der Waals surface area contributed by atoms with Crippen molar-refractivity contribution in [2.75, 3.05) is 46.9 Å². The highest BCUT2D eigenvalue weighted by molar-refractivity contribution is 5.76. The van der Waals surface area contributed by atoms with Crippen LogP contribution in [0.2, 0.25) is 0 Å². The summed E-state index contributed by atoms with van der Waals surface area (Å²) in [5.74, 6) is -0.174. The molecule has 1 unspecified atom stereocenters. The number of likely N-dealkylation sites (N-methyl/N-ethyl adjacent to an activating group) is 1. The van der Waals surface area contributed by atoms with Gasteiger partial charge in [0.2, 0.25) is 0 Å². The monoisotopic (exact) mass is 244 g/mol. The molecule has 1 heterocycles. The Bertz CT molecular complexity index is 250. The van der Waals surface area contributed by atoms with Crippen molar-refractivity contribution in [3.05, 3.63) is 0 Å². The molecule has 1 aliphatic rings. The standard InChI is InChI=1S/C12H24N2O3/c1-12(2,11(15)16-4)9-14(3)8-10-7-13-5-6-17-10/h10,13H,5-9H2,1-4H3. The number of nitrogens with zero attached hydrogens (tertiary/aromatic N) is 1. The number of esters is 1. The first-order chi connectivity index (χ1) is 7.95. The Morgan fingerprint density at radius 3 is 2.82 bits per heavy atom. The van der Waals surface area contributed by atoms with E-state index in [2.05, 4.69) is 10.2 Å². The van der Waals surface area contributed by atoms with Gasteiger partial charge in [-0.2, -0.15) is 0 Å². The normalized spacial score (nSPS) is 21.6. The van der Waals surface area contributed by atoms with Gasteiger partial charge in [0.25, 0.3) is 0 Å². The molecule has 0 bridgehead atoms. The molecule has 0 aromatic heterocycles. The van der Waals surface area contributed by atoms with Gasteiger partial charge >= 0.3 is 5.97 Å². The molecule has 5 heteroatoms. The number of rotatable bonds is 5. The van der Waals surface area contributed by atoms with Gasteiger partial charge in [-0.3, -0.25) is 4.79 Å². The van der Waals surface area contributed by atoms with Gasteiger partial charge in [0, 0.05) is 26.2 Å². The van der Waals surface area contributed by atoms with Gasteiger partial charge in [-0.1, -0.05) is 0 Å². The average Bonchev–Trinajstić information content (AvgIpc) is 2.28. The number of hydrogen-bond acceptors (Lipinski definition) is 5. The molecule has 0 amide bonds. The lowest BCUT2D eigenvalue weighted by atomic mass is 9.93. The van der Waals surface area contributed by atoms with E-state index in [0.29, 0.717) is 6.54 Å². The first kappa shape index (κ1) is 14.4. The van der Waals surface area contributed by atoms with Gasteiger partial charge in [-0.25, -0.2) is 0 Å². The molecule has 1 N–H and O–H groups in total. The number of ether oxygens (including phenoxy) is 2. The highest BCUT2D eigenvalue weighted by Gasteiger charge is 2.30. The fraction of sp³-hybridized carbons (Fsp3) is 0.917. The van der Waals surface area contributed by atoms with Crippen LogP contribution in [-0.2, 0) is 14.3 Å². The summed E-state index contributed by atoms with van der Waals surface area (Å²) >= 11 is 0. The summed E-state index contributed by atoms with van der Waals surface area (Å²) in [6, 6.07) is 0. The van der Waals surface area contributed by atoms with Crippen LogP contribution in [0.1, 0.15) is 13.8 Å². The highest BCUT2D eigenvalue weighted by Crippen LogP contribution is 2.18. The zero-order valence-electron chi connectivity index (χ0n) is 11.3. The van der Waals surface area contributed by atoms with Crippen LogP contribution in [-0.4, -0.2) is 63.9 Å². The molecule has 0 aromatic rings. The largest absolute Gasteiger partial charge is 0.469 e. The molecule has 1 saturated heterocycles. The molecule has 0 aromatic carbocycles. The van der Waals surface area contributed by atoms with Gasteiger partial charge < -0.3 is 19.7 Å². The maximum absolute atomic E-state index is 11.6. The van der Waals surface area contributed by atoms with Crippen LogP contribution in [0, 0.1) is 5.41 Å². The van der Waals surface area contributed by atoms with Crippen molar-refractivity contribution in [2.45, 2.75) is 20.0 Å². The third-order valence-electron chi connectivity index (χ3n) is 2.92. The van der Waals surface area contributed by atoms with E-state index in [1.807, 2.05) is 20.9 Å². The number of hydrogen-bond donors (Lipinski definition) is 1. The van der Waals surface area contributed by atoms with E-state index in [9.17, 15) is 4.79 Å². The number of carbonyl (C=O) groups is 1. The fourth-order valence-corrected chi connectivity index (χ4v) is 2.16. The molecule has 1 fully saturated rings. The summed E-state index contributed by atoms with van der Waals surface area (Å²) in [5.41, 5.74) is -0.481. The van der Waals surface area contributed by atoms with E-state index in [4.69, 9.17) is 9.47 Å². The molecule has 1 aliphatic heterocycles. The van der Waals surface area contributed by atoms with E-state index < -0.39 is 5.41 Å². The fourth-order valence-electron chi connectivity index (χ4n) is 2.16. The predicted octanol–water partition coefficient (Wildman–Crippen LogP) is 0.106. The lowest BCUT2D eigenvalue weighted by molar-refractivity contribution is -0.151. The topological polar surface area (TPSA) is 50.8 Å². The van der Waals surface area contributed by atoms with Crippen molar-refractivity contribution in [2.24, 2.45) is 5.41 Å². The van der Waals surface area contributed by atoms with Gasteiger partial charge in [-0.15, -0.1) is 0 Å². The van der Waals surface area contributed by atoms with Gasteiger partial charge in [0.15, 0.2) is 0 Å². The maximum Gasteiger partial charge on any atom is 0.312 e. The van der Waals surface area contributed by atoms with Crippen LogP contribution in [0.15, 0.2) is 0 Å². The van der Waals surface area contributed by atoms with Gasteiger partial charge in [0.1, 0.15) is 0 Å². The lowest BCUT2D eigenvalue weighted by Crippen LogP contribution is -2.47. The Balaban J connectivity index is 2.37. The SMILES string of the molecule is COC(=O)C(C)(C)CN(C)CC1CNCCO1. The third-order valence-corrected chi connectivity index (χ3v) is 2.92. The van der Waals surface area contributed by atoms with Crippen LogP contribution in [0.25, 0.3) is 0 Å². The number of morpholine rings is 1. The Morgan fingerprint density at radius 2 is 2.29 bits per heavy atom. The molecule has 0 radical (unpaired) electrons. The second-order valence-corrected chi connectivity index (χ2v) is 5.27. The zero-order chi connectivity index (χ0) is 12.9. The van der Waals surface area contributed by atoms with E-state index in [1.54, 1.807) is 0 Å². The van der Waals surface area contributed by atoms with Crippen LogP contribution in [0.5, 0.6) is 0 Å². The summed E-state index contributed by atoms with van der Waals surface area (Å²) in [5, 5.41) is 3.29. The van der Waals surface area contributed by atoms with Crippen molar-refractivity contribution >= 4 is 5.97 Å². The lowest BCUT2D eigenvalue weighted by Gasteiger charge is -2.32. The van der Waals surface area contributed by atoms with E-state index in [-0.39, 0.29) is 12.1 Å². The van der Waals surface area contributed by atoms with Crippen molar-refractivity contribution in [1.29, 1.82) is 0 Å². The first-order valence-corrected chi connectivity index (χ1v) is 6.05. The van der Waals surface area contributed by atoms with E-state index >= 15 is 0 Å². The Kier molecular flexibility index (Phi) is 5.36. The minimum Gasteiger partial charge on any atom is -0.469 e. The maximum atomic E-state index is 11.6. The smallest absolute Gasteiger partial charge is 0.312 e. The highest BCUT2D eigenvalue weighted by atomic mass is 16.5. The quantitative estimate of drug-likeness (QED) is 0.695. The molecule has 1 rings (SSSR count). The van der Waals surface area contributed by atoms with Gasteiger partial charge in [-0.05, 0) is 20.9 Å². The van der Waals surface area contributed by atoms with E-state index in [0.717, 1.165) is 26.2 Å². The van der Waals surface area contributed by atoms with Crippen molar-refractivity contribution < 1.29 is 14.3 Å². The second kappa shape index (κ2) is 6.33. The van der Waals surface area contributed by atoms with Gasteiger partial charge in [0.05, 0.1) is 25.2 Å². The van der Waals surface area contributed by atoms with Crippen molar-refractivity contribution in [3.8, 4) is 0 Å². The molecule has 17 heavy (non-hydrogen) atoms. The Morgan fingerprint density at radius 1 is 1.59 bits per heavy atom. The van der Waals surface area contributed by atoms with Crippen LogP contribution < -0.4 is 5.32 Å². The summed E-state index contributed by atoms with van der Waals surface area (Å²) in [6.45, 7) is 7.85. The third kappa shape index (κ3) is 4.61. The molecule has 100 valence electrons. The molecule has 1 atom stereocenters. The second-order valence-electron chi connectivity index (χ2n) is 5.27. The average molecular weight is 244 g/mol. The van der Waals surface area contributed by atoms with Crippen LogP contribution in [0.4, 0.5) is 0 Å². The Hall–Kier alpha value is -0.650. The molecule has 5 nitrogen and oxygen atoms in total. The minimum atomic E-state index is -0.481. The predicted molar refractivity (Wildman–Crippen MR) is 65.9 cm³/mol. The molecular weight excluding hydrogens is 220 g/mol. The van der Waals surface area contributed by atoms with Crippen molar-refractivity contribution in [3.63, 3.8) is 0 Å². The van der Waals surface area contributed by atoms with Crippen LogP contribution in [0.3, 0.4) is 0 Å². The summed E-state index contributed by atoms with van der Waals surface area (Å²) in [7, 11) is 3.43. The molecule has 0 aliphatic carbocycles. The first-order valence-electron chi connectivity index (χ1n) is 6.05. The molecule has 0 saturated carbocycles. The number of carbonyl (C=O) groups excluding carboxylic acids is 1. The molecule has 0 spiro atoms. The summed E-state index contributed by atoms with van der Waals surface area (Å²) in [4.78, 5) is 13.7.